The minimum Gasteiger partial charge on any atom is -0.515 e. The van der Waals surface area contributed by atoms with Crippen molar-refractivity contribution in [2.45, 2.75) is 31.6 Å². The highest BCUT2D eigenvalue weighted by Gasteiger charge is 2.55. The number of hydrogen-bond donors (Lipinski definition) is 2. The molecule has 3 aromatic rings. The van der Waals surface area contributed by atoms with E-state index in [-0.39, 0.29) is 17.6 Å². The third-order valence-corrected chi connectivity index (χ3v) is 6.95. The summed E-state index contributed by atoms with van der Waals surface area (Å²) in [4.78, 5) is 12.9. The molecule has 2 N–H and O–H groups in total. The highest BCUT2D eigenvalue weighted by Crippen LogP contribution is 2.56. The van der Waals surface area contributed by atoms with Crippen molar-refractivity contribution in [3.8, 4) is 11.3 Å². The summed E-state index contributed by atoms with van der Waals surface area (Å²) in [5.74, 6) is 0.0759. The first-order valence-corrected chi connectivity index (χ1v) is 10.2. The number of aliphatic hydroxyl groups excluding tert-OH is 1. The van der Waals surface area contributed by atoms with Crippen molar-refractivity contribution in [2.75, 3.05) is 0 Å². The second-order valence-corrected chi connectivity index (χ2v) is 8.26. The van der Waals surface area contributed by atoms with Gasteiger partial charge in [-0.3, -0.25) is 9.89 Å². The Morgan fingerprint density at radius 2 is 1.79 bits per heavy atom. The molecule has 2 aromatic carbocycles. The number of aromatic nitrogens is 2. The zero-order valence-corrected chi connectivity index (χ0v) is 16.4. The van der Waals surface area contributed by atoms with Crippen LogP contribution < -0.4 is 0 Å². The molecule has 3 unspecified atom stereocenters. The van der Waals surface area contributed by atoms with E-state index in [4.69, 9.17) is 5.10 Å². The van der Waals surface area contributed by atoms with Gasteiger partial charge in [-0.05, 0) is 30.7 Å². The van der Waals surface area contributed by atoms with Crippen LogP contribution in [0.1, 0.15) is 36.6 Å². The van der Waals surface area contributed by atoms with Gasteiger partial charge in [-0.1, -0.05) is 67.6 Å². The van der Waals surface area contributed by atoms with Gasteiger partial charge in [-0.2, -0.15) is 5.10 Å². The van der Waals surface area contributed by atoms with Gasteiger partial charge in [0.1, 0.15) is 0 Å². The maximum atomic E-state index is 12.9. The lowest BCUT2D eigenvalue weighted by atomic mass is 9.52. The number of nitrogens with zero attached hydrogens (tertiary/aromatic N) is 1. The normalized spacial score (nSPS) is 27.5. The lowest BCUT2D eigenvalue weighted by Gasteiger charge is -2.50. The molecule has 0 amide bonds. The predicted octanol–water partition coefficient (Wildman–Crippen LogP) is 4.98. The van der Waals surface area contributed by atoms with Gasteiger partial charge < -0.3 is 5.11 Å². The van der Waals surface area contributed by atoms with Crippen LogP contribution in [0.25, 0.3) is 11.3 Å². The molecule has 1 fully saturated rings. The average Bonchev–Trinajstić information content (AvgIpc) is 3.22. The predicted molar refractivity (Wildman–Crippen MR) is 113 cm³/mol. The highest BCUT2D eigenvalue weighted by molar-refractivity contribution is 5.98. The van der Waals surface area contributed by atoms with E-state index >= 15 is 0 Å². The summed E-state index contributed by atoms with van der Waals surface area (Å²) < 4.78 is 0. The maximum Gasteiger partial charge on any atom is 0.165 e. The molecule has 2 aliphatic carbocycles. The highest BCUT2D eigenvalue weighted by atomic mass is 16.2. The summed E-state index contributed by atoms with van der Waals surface area (Å²) in [6.45, 7) is 2.01. The molecule has 0 bridgehead atoms. The lowest BCUT2D eigenvalue weighted by molar-refractivity contribution is -0.123. The zero-order chi connectivity index (χ0) is 20.0. The first-order chi connectivity index (χ1) is 14.2. The van der Waals surface area contributed by atoms with E-state index in [0.717, 1.165) is 36.1 Å². The molecule has 29 heavy (non-hydrogen) atoms. The number of hydrogen-bond acceptors (Lipinski definition) is 3. The number of fused-ring (bicyclic) bond motifs is 3. The maximum absolute atomic E-state index is 12.9. The Balaban J connectivity index is 1.77. The molecular formula is C25H24N2O2. The summed E-state index contributed by atoms with van der Waals surface area (Å²) in [5, 5.41) is 18.0. The molecule has 1 heterocycles. The van der Waals surface area contributed by atoms with E-state index in [1.807, 2.05) is 43.3 Å². The van der Waals surface area contributed by atoms with Crippen molar-refractivity contribution in [3.63, 3.8) is 0 Å². The van der Waals surface area contributed by atoms with E-state index < -0.39 is 5.41 Å². The Kier molecular flexibility index (Phi) is 4.16. The average molecular weight is 384 g/mol. The van der Waals surface area contributed by atoms with Gasteiger partial charge in [0.15, 0.2) is 5.78 Å². The standard InChI is InChI=1S/C25H24N2O2/c1-16-21-13-12-20-22(17-8-4-2-5-9-17)26-27-24(20)25(21,14-18(15-28)23(16)29)19-10-6-3-7-11-19/h2-11,15-16,21,28H,12-14H2,1H3,(H,26,27)/b18-15-. The molecule has 1 saturated carbocycles. The number of nitrogens with one attached hydrogen (secondary N) is 1. The quantitative estimate of drug-likeness (QED) is 0.484. The smallest absolute Gasteiger partial charge is 0.165 e. The van der Waals surface area contributed by atoms with Crippen molar-refractivity contribution in [1.82, 2.24) is 10.2 Å². The molecule has 3 atom stereocenters. The number of H-pyrrole nitrogens is 1. The van der Waals surface area contributed by atoms with Crippen LogP contribution in [0.2, 0.25) is 0 Å². The lowest BCUT2D eigenvalue weighted by Crippen LogP contribution is -2.50. The fraction of sp³-hybridized carbons (Fsp3) is 0.280. The molecule has 4 nitrogen and oxygen atoms in total. The largest absolute Gasteiger partial charge is 0.515 e. The van der Waals surface area contributed by atoms with Crippen LogP contribution in [0, 0.1) is 11.8 Å². The Bertz CT molecular complexity index is 1080. The molecular weight excluding hydrogens is 360 g/mol. The first-order valence-electron chi connectivity index (χ1n) is 10.2. The molecule has 2 aliphatic rings. The Labute approximate surface area is 170 Å². The molecule has 5 rings (SSSR count). The van der Waals surface area contributed by atoms with Crippen molar-refractivity contribution in [1.29, 1.82) is 0 Å². The van der Waals surface area contributed by atoms with Gasteiger partial charge in [0.2, 0.25) is 0 Å². The van der Waals surface area contributed by atoms with Crippen LogP contribution in [-0.2, 0) is 16.6 Å². The van der Waals surface area contributed by atoms with Gasteiger partial charge in [0.25, 0.3) is 0 Å². The number of carbonyl (C=O) groups is 1. The third-order valence-electron chi connectivity index (χ3n) is 6.95. The summed E-state index contributed by atoms with van der Waals surface area (Å²) in [7, 11) is 0. The monoisotopic (exact) mass is 384 g/mol. The minimum absolute atomic E-state index is 0.0651. The second kappa shape index (κ2) is 6.73. The SMILES string of the molecule is CC1C(=O)/C(=C\O)CC2(c3ccccc3)c3[nH]nc(-c4ccccc4)c3CCC12. The van der Waals surface area contributed by atoms with Crippen LogP contribution in [0.5, 0.6) is 0 Å². The number of Topliss-reactive ketones (excluding diaryl/α,β-unsaturated/α-hetero) is 1. The summed E-state index contributed by atoms with van der Waals surface area (Å²) in [6.07, 6.45) is 3.32. The van der Waals surface area contributed by atoms with Gasteiger partial charge >= 0.3 is 0 Å². The molecule has 0 aliphatic heterocycles. The summed E-state index contributed by atoms with van der Waals surface area (Å²) in [6, 6.07) is 20.6. The van der Waals surface area contributed by atoms with Gasteiger partial charge in [-0.25, -0.2) is 0 Å². The van der Waals surface area contributed by atoms with Gasteiger partial charge in [0, 0.05) is 28.0 Å². The Morgan fingerprint density at radius 1 is 1.10 bits per heavy atom. The van der Waals surface area contributed by atoms with Crippen LogP contribution in [0.15, 0.2) is 72.5 Å². The van der Waals surface area contributed by atoms with E-state index in [1.165, 1.54) is 11.1 Å². The Hall–Kier alpha value is -3.14. The number of aliphatic hydroxyl groups is 1. The van der Waals surface area contributed by atoms with E-state index in [1.54, 1.807) is 0 Å². The molecule has 0 spiro atoms. The van der Waals surface area contributed by atoms with Crippen LogP contribution in [-0.4, -0.2) is 21.1 Å². The molecule has 4 heteroatoms. The number of aromatic amines is 1. The fourth-order valence-corrected chi connectivity index (χ4v) is 5.61. The summed E-state index contributed by atoms with van der Waals surface area (Å²) >= 11 is 0. The van der Waals surface area contributed by atoms with Gasteiger partial charge in [-0.15, -0.1) is 0 Å². The number of carbonyl (C=O) groups excluding carboxylic acids is 1. The van der Waals surface area contributed by atoms with Crippen molar-refractivity contribution < 1.29 is 9.90 Å². The Morgan fingerprint density at radius 3 is 2.48 bits per heavy atom. The van der Waals surface area contributed by atoms with Crippen molar-refractivity contribution in [2.24, 2.45) is 11.8 Å². The zero-order valence-electron chi connectivity index (χ0n) is 16.4. The van der Waals surface area contributed by atoms with Crippen LogP contribution in [0.3, 0.4) is 0 Å². The number of rotatable bonds is 2. The fourth-order valence-electron chi connectivity index (χ4n) is 5.61. The van der Waals surface area contributed by atoms with Crippen LogP contribution in [0.4, 0.5) is 0 Å². The number of benzene rings is 2. The number of allylic oxidation sites excluding steroid dienone is 1. The summed E-state index contributed by atoms with van der Waals surface area (Å²) in [5.41, 5.74) is 5.70. The van der Waals surface area contributed by atoms with Crippen LogP contribution >= 0.6 is 0 Å². The van der Waals surface area contributed by atoms with E-state index in [0.29, 0.717) is 12.0 Å². The minimum atomic E-state index is -0.392. The van der Waals surface area contributed by atoms with E-state index in [2.05, 4.69) is 29.4 Å². The third kappa shape index (κ3) is 2.52. The number of ketones is 1. The molecule has 0 saturated heterocycles. The van der Waals surface area contributed by atoms with Crippen molar-refractivity contribution >= 4 is 5.78 Å². The first kappa shape index (κ1) is 17.9. The molecule has 146 valence electrons. The molecule has 1 aromatic heterocycles. The van der Waals surface area contributed by atoms with Crippen molar-refractivity contribution in [3.05, 3.63) is 89.3 Å². The van der Waals surface area contributed by atoms with Gasteiger partial charge in [0.05, 0.1) is 17.6 Å². The van der Waals surface area contributed by atoms with E-state index in [9.17, 15) is 9.90 Å². The second-order valence-electron chi connectivity index (χ2n) is 8.26. The topological polar surface area (TPSA) is 66.0 Å². The molecule has 0 radical (unpaired) electrons.